The molecule has 94 valence electrons. The molecule has 1 aliphatic rings. The summed E-state index contributed by atoms with van der Waals surface area (Å²) in [5, 5.41) is -0.755. The predicted octanol–water partition coefficient (Wildman–Crippen LogP) is 2.12. The highest BCUT2D eigenvalue weighted by molar-refractivity contribution is 6.40. The van der Waals surface area contributed by atoms with Crippen LogP contribution in [0.2, 0.25) is 0 Å². The van der Waals surface area contributed by atoms with Crippen LogP contribution in [0.4, 0.5) is 5.69 Å². The highest BCUT2D eigenvalue weighted by atomic mass is 35.5. The van der Waals surface area contributed by atoms with Crippen LogP contribution in [-0.2, 0) is 9.59 Å². The van der Waals surface area contributed by atoms with Gasteiger partial charge in [0.1, 0.15) is 17.7 Å². The molecule has 0 radical (unpaired) electrons. The lowest BCUT2D eigenvalue weighted by Crippen LogP contribution is -2.30. The number of imide groups is 1. The van der Waals surface area contributed by atoms with Gasteiger partial charge in [0.25, 0.3) is 5.91 Å². The zero-order valence-corrected chi connectivity index (χ0v) is 10.4. The Hall–Kier alpha value is -1.81. The van der Waals surface area contributed by atoms with Gasteiger partial charge in [-0.3, -0.25) is 9.59 Å². The van der Waals surface area contributed by atoms with Gasteiger partial charge in [-0.25, -0.2) is 4.90 Å². The number of halogens is 1. The van der Waals surface area contributed by atoms with E-state index in [1.807, 2.05) is 0 Å². The number of ether oxygens (including phenoxy) is 1. The number of benzene rings is 1. The van der Waals surface area contributed by atoms with E-state index in [-0.39, 0.29) is 18.2 Å². The molecule has 0 saturated carbocycles. The molecule has 0 N–H and O–H groups in total. The molecule has 0 aliphatic carbocycles. The summed E-state index contributed by atoms with van der Waals surface area (Å²) in [6.45, 7) is 3.95. The van der Waals surface area contributed by atoms with Crippen molar-refractivity contribution in [2.75, 3.05) is 11.5 Å². The van der Waals surface area contributed by atoms with E-state index >= 15 is 0 Å². The predicted molar refractivity (Wildman–Crippen MR) is 68.9 cm³/mol. The van der Waals surface area contributed by atoms with E-state index < -0.39 is 5.38 Å². The van der Waals surface area contributed by atoms with Crippen molar-refractivity contribution in [1.82, 2.24) is 0 Å². The maximum Gasteiger partial charge on any atom is 0.252 e. The summed E-state index contributed by atoms with van der Waals surface area (Å²) in [6.07, 6.45) is 1.69. The molecule has 4 nitrogen and oxygen atoms in total. The zero-order valence-electron chi connectivity index (χ0n) is 9.64. The SMILES string of the molecule is C=CCOc1ccc(N2C(=O)CC(Cl)C2=O)cc1. The molecule has 1 heterocycles. The van der Waals surface area contributed by atoms with E-state index in [1.165, 1.54) is 0 Å². The van der Waals surface area contributed by atoms with E-state index in [2.05, 4.69) is 6.58 Å². The Morgan fingerprint density at radius 3 is 2.56 bits per heavy atom. The number of anilines is 1. The van der Waals surface area contributed by atoms with Crippen molar-refractivity contribution < 1.29 is 14.3 Å². The van der Waals surface area contributed by atoms with Crippen LogP contribution in [0.15, 0.2) is 36.9 Å². The van der Waals surface area contributed by atoms with Gasteiger partial charge in [-0.15, -0.1) is 11.6 Å². The van der Waals surface area contributed by atoms with Crippen LogP contribution in [0.1, 0.15) is 6.42 Å². The second-order valence-corrected chi connectivity index (χ2v) is 4.36. The average molecular weight is 266 g/mol. The second-order valence-electron chi connectivity index (χ2n) is 3.83. The highest BCUT2D eigenvalue weighted by Crippen LogP contribution is 2.27. The minimum Gasteiger partial charge on any atom is -0.490 e. The monoisotopic (exact) mass is 265 g/mol. The van der Waals surface area contributed by atoms with Gasteiger partial charge in [0.2, 0.25) is 5.91 Å². The standard InChI is InChI=1S/C13H12ClNO3/c1-2-7-18-10-5-3-9(4-6-10)15-12(16)8-11(14)13(15)17/h2-6,11H,1,7-8H2. The minimum atomic E-state index is -0.755. The molecular formula is C13H12ClNO3. The molecule has 1 atom stereocenters. The lowest BCUT2D eigenvalue weighted by atomic mass is 10.3. The van der Waals surface area contributed by atoms with Gasteiger partial charge in [-0.1, -0.05) is 12.7 Å². The highest BCUT2D eigenvalue weighted by Gasteiger charge is 2.38. The number of amides is 2. The number of nitrogens with zero attached hydrogens (tertiary/aromatic N) is 1. The molecule has 0 aromatic heterocycles. The Kier molecular flexibility index (Phi) is 3.67. The topological polar surface area (TPSA) is 46.6 Å². The van der Waals surface area contributed by atoms with Crippen LogP contribution in [-0.4, -0.2) is 23.8 Å². The number of carbonyl (C=O) groups excluding carboxylic acids is 2. The van der Waals surface area contributed by atoms with Crippen LogP contribution < -0.4 is 9.64 Å². The Balaban J connectivity index is 2.16. The molecule has 1 aliphatic heterocycles. The van der Waals surface area contributed by atoms with Crippen LogP contribution in [0, 0.1) is 0 Å². The molecule has 2 rings (SSSR count). The molecule has 5 heteroatoms. The molecule has 1 aromatic carbocycles. The van der Waals surface area contributed by atoms with Gasteiger partial charge < -0.3 is 4.74 Å². The first-order valence-corrected chi connectivity index (χ1v) is 5.91. The first-order chi connectivity index (χ1) is 8.63. The summed E-state index contributed by atoms with van der Waals surface area (Å²) in [4.78, 5) is 24.4. The smallest absolute Gasteiger partial charge is 0.252 e. The van der Waals surface area contributed by atoms with Crippen LogP contribution in [0.5, 0.6) is 5.75 Å². The number of carbonyl (C=O) groups is 2. The van der Waals surface area contributed by atoms with Crippen molar-refractivity contribution in [2.24, 2.45) is 0 Å². The maximum absolute atomic E-state index is 11.7. The normalized spacial score (nSPS) is 19.2. The maximum atomic E-state index is 11.7. The summed E-state index contributed by atoms with van der Waals surface area (Å²) >= 11 is 5.75. The van der Waals surface area contributed by atoms with Crippen LogP contribution >= 0.6 is 11.6 Å². The first kappa shape index (κ1) is 12.6. The van der Waals surface area contributed by atoms with E-state index in [9.17, 15) is 9.59 Å². The number of alkyl halides is 1. The molecule has 0 bridgehead atoms. The third-order valence-corrected chi connectivity index (χ3v) is 2.90. The van der Waals surface area contributed by atoms with Crippen molar-refractivity contribution in [3.8, 4) is 5.75 Å². The van der Waals surface area contributed by atoms with Gasteiger partial charge in [-0.05, 0) is 24.3 Å². The Labute approximate surface area is 110 Å². The van der Waals surface area contributed by atoms with Gasteiger partial charge in [0, 0.05) is 0 Å². The Morgan fingerprint density at radius 1 is 1.39 bits per heavy atom. The molecule has 2 amide bonds. The molecule has 1 fully saturated rings. The van der Waals surface area contributed by atoms with Crippen molar-refractivity contribution >= 4 is 29.1 Å². The average Bonchev–Trinajstić information content (AvgIpc) is 2.62. The van der Waals surface area contributed by atoms with E-state index in [0.29, 0.717) is 18.0 Å². The van der Waals surface area contributed by atoms with E-state index in [0.717, 1.165) is 4.90 Å². The summed E-state index contributed by atoms with van der Waals surface area (Å²) in [5.41, 5.74) is 0.513. The Bertz CT molecular complexity index is 484. The summed E-state index contributed by atoms with van der Waals surface area (Å²) in [7, 11) is 0. The third-order valence-electron chi connectivity index (χ3n) is 2.55. The van der Waals surface area contributed by atoms with Crippen molar-refractivity contribution in [2.45, 2.75) is 11.8 Å². The summed E-state index contributed by atoms with van der Waals surface area (Å²) in [5.74, 6) is 0.00125. The van der Waals surface area contributed by atoms with Gasteiger partial charge in [0.15, 0.2) is 0 Å². The number of hydrogen-bond donors (Lipinski definition) is 0. The fourth-order valence-corrected chi connectivity index (χ4v) is 1.94. The Morgan fingerprint density at radius 2 is 2.06 bits per heavy atom. The molecular weight excluding hydrogens is 254 g/mol. The van der Waals surface area contributed by atoms with Crippen molar-refractivity contribution in [3.05, 3.63) is 36.9 Å². The van der Waals surface area contributed by atoms with E-state index in [1.54, 1.807) is 30.3 Å². The van der Waals surface area contributed by atoms with Crippen molar-refractivity contribution in [3.63, 3.8) is 0 Å². The molecule has 0 spiro atoms. The van der Waals surface area contributed by atoms with Crippen LogP contribution in [0.25, 0.3) is 0 Å². The fourth-order valence-electron chi connectivity index (χ4n) is 1.71. The number of rotatable bonds is 4. The molecule has 1 aromatic rings. The lowest BCUT2D eigenvalue weighted by Gasteiger charge is -2.14. The quantitative estimate of drug-likeness (QED) is 0.476. The molecule has 1 unspecified atom stereocenters. The van der Waals surface area contributed by atoms with Gasteiger partial charge in [0.05, 0.1) is 12.1 Å². The summed E-state index contributed by atoms with van der Waals surface area (Å²) in [6, 6.07) is 6.70. The lowest BCUT2D eigenvalue weighted by molar-refractivity contribution is -0.121. The van der Waals surface area contributed by atoms with Crippen LogP contribution in [0.3, 0.4) is 0 Å². The number of hydrogen-bond acceptors (Lipinski definition) is 3. The van der Waals surface area contributed by atoms with E-state index in [4.69, 9.17) is 16.3 Å². The largest absolute Gasteiger partial charge is 0.490 e. The van der Waals surface area contributed by atoms with Crippen molar-refractivity contribution in [1.29, 1.82) is 0 Å². The first-order valence-electron chi connectivity index (χ1n) is 5.48. The van der Waals surface area contributed by atoms with Gasteiger partial charge in [-0.2, -0.15) is 0 Å². The molecule has 18 heavy (non-hydrogen) atoms. The third kappa shape index (κ3) is 2.38. The van der Waals surface area contributed by atoms with Gasteiger partial charge >= 0.3 is 0 Å². The zero-order chi connectivity index (χ0) is 13.1. The fraction of sp³-hybridized carbons (Fsp3) is 0.231. The summed E-state index contributed by atoms with van der Waals surface area (Å²) < 4.78 is 5.32. The molecule has 1 saturated heterocycles. The minimum absolute atomic E-state index is 0.0507. The second kappa shape index (κ2) is 5.23.